The lowest BCUT2D eigenvalue weighted by Crippen LogP contribution is -2.20. The van der Waals surface area contributed by atoms with Crippen LogP contribution in [0.25, 0.3) is 0 Å². The monoisotopic (exact) mass is 224 g/mol. The van der Waals surface area contributed by atoms with Crippen molar-refractivity contribution in [3.05, 3.63) is 11.6 Å². The van der Waals surface area contributed by atoms with Crippen LogP contribution in [0, 0.1) is 6.92 Å². The van der Waals surface area contributed by atoms with Crippen LogP contribution in [0.2, 0.25) is 0 Å². The van der Waals surface area contributed by atoms with Crippen LogP contribution in [0.4, 0.5) is 0 Å². The van der Waals surface area contributed by atoms with Crippen LogP contribution < -0.4 is 5.73 Å². The molecule has 5 heteroatoms. The van der Waals surface area contributed by atoms with Gasteiger partial charge in [-0.2, -0.15) is 0 Å². The van der Waals surface area contributed by atoms with E-state index >= 15 is 0 Å². The Kier molecular flexibility index (Phi) is 3.56. The van der Waals surface area contributed by atoms with Crippen molar-refractivity contribution in [3.8, 4) is 0 Å². The van der Waals surface area contributed by atoms with Crippen LogP contribution in [0.5, 0.6) is 0 Å². The van der Waals surface area contributed by atoms with Crippen molar-refractivity contribution in [2.45, 2.75) is 51.1 Å². The lowest BCUT2D eigenvalue weighted by molar-refractivity contribution is 0.272. The van der Waals surface area contributed by atoms with Crippen LogP contribution in [-0.4, -0.2) is 26.5 Å². The molecule has 1 unspecified atom stereocenters. The van der Waals surface area contributed by atoms with Gasteiger partial charge in [0.2, 0.25) is 0 Å². The van der Waals surface area contributed by atoms with Gasteiger partial charge in [0.1, 0.15) is 11.6 Å². The summed E-state index contributed by atoms with van der Waals surface area (Å²) in [4.78, 5) is 0. The predicted molar refractivity (Wildman–Crippen MR) is 60.9 cm³/mol. The van der Waals surface area contributed by atoms with E-state index in [1.54, 1.807) is 0 Å². The number of aromatic nitrogens is 3. The standard InChI is InChI=1S/C11H20N4O/c1-8-13-14-11(10(12)6-7-16)15(8)9-4-2-3-5-9/h9-10,16H,2-7,12H2,1H3. The first kappa shape index (κ1) is 11.5. The first-order valence-corrected chi connectivity index (χ1v) is 6.02. The Balaban J connectivity index is 2.24. The third-order valence-electron chi connectivity index (χ3n) is 3.35. The van der Waals surface area contributed by atoms with Crippen LogP contribution in [-0.2, 0) is 0 Å². The maximum absolute atomic E-state index is 8.92. The number of nitrogens with zero attached hydrogens (tertiary/aromatic N) is 3. The number of aliphatic hydroxyl groups excluding tert-OH is 1. The van der Waals surface area contributed by atoms with E-state index in [9.17, 15) is 0 Å². The van der Waals surface area contributed by atoms with E-state index in [1.165, 1.54) is 25.7 Å². The molecular weight excluding hydrogens is 204 g/mol. The summed E-state index contributed by atoms with van der Waals surface area (Å²) in [5, 5.41) is 17.2. The maximum atomic E-state index is 8.92. The largest absolute Gasteiger partial charge is 0.396 e. The molecule has 0 aromatic carbocycles. The minimum Gasteiger partial charge on any atom is -0.396 e. The van der Waals surface area contributed by atoms with Gasteiger partial charge in [-0.05, 0) is 26.2 Å². The number of nitrogens with two attached hydrogens (primary N) is 1. The zero-order valence-corrected chi connectivity index (χ0v) is 9.76. The highest BCUT2D eigenvalue weighted by atomic mass is 16.3. The van der Waals surface area contributed by atoms with Gasteiger partial charge < -0.3 is 15.4 Å². The van der Waals surface area contributed by atoms with Crippen LogP contribution in [0.15, 0.2) is 0 Å². The van der Waals surface area contributed by atoms with Crippen LogP contribution in [0.1, 0.15) is 55.8 Å². The Morgan fingerprint density at radius 2 is 2.12 bits per heavy atom. The zero-order valence-electron chi connectivity index (χ0n) is 9.76. The average Bonchev–Trinajstić information content (AvgIpc) is 2.86. The van der Waals surface area contributed by atoms with Crippen molar-refractivity contribution >= 4 is 0 Å². The second-order valence-electron chi connectivity index (χ2n) is 4.53. The third-order valence-corrected chi connectivity index (χ3v) is 3.35. The Hall–Kier alpha value is -0.940. The molecule has 3 N–H and O–H groups in total. The molecule has 1 aromatic rings. The molecule has 0 spiro atoms. The molecule has 0 bridgehead atoms. The third kappa shape index (κ3) is 2.10. The highest BCUT2D eigenvalue weighted by Gasteiger charge is 2.24. The van der Waals surface area contributed by atoms with Gasteiger partial charge in [0.25, 0.3) is 0 Å². The summed E-state index contributed by atoms with van der Waals surface area (Å²) < 4.78 is 2.17. The van der Waals surface area contributed by atoms with E-state index in [1.807, 2.05) is 6.92 Å². The Morgan fingerprint density at radius 1 is 1.44 bits per heavy atom. The SMILES string of the molecule is Cc1nnc(C(N)CCO)n1C1CCCC1. The van der Waals surface area contributed by atoms with Crippen molar-refractivity contribution in [2.24, 2.45) is 5.73 Å². The van der Waals surface area contributed by atoms with Gasteiger partial charge >= 0.3 is 0 Å². The maximum Gasteiger partial charge on any atom is 0.150 e. The van der Waals surface area contributed by atoms with Gasteiger partial charge in [0, 0.05) is 12.6 Å². The molecule has 1 atom stereocenters. The number of aryl methyl sites for hydroxylation is 1. The highest BCUT2D eigenvalue weighted by Crippen LogP contribution is 2.32. The molecule has 0 saturated heterocycles. The molecular formula is C11H20N4O. The molecule has 1 saturated carbocycles. The molecule has 90 valence electrons. The Labute approximate surface area is 95.7 Å². The van der Waals surface area contributed by atoms with Gasteiger partial charge in [-0.25, -0.2) is 0 Å². The van der Waals surface area contributed by atoms with Crippen molar-refractivity contribution in [3.63, 3.8) is 0 Å². The normalized spacial score (nSPS) is 19.2. The molecule has 1 aromatic heterocycles. The number of rotatable bonds is 4. The lowest BCUT2D eigenvalue weighted by Gasteiger charge is -2.18. The van der Waals surface area contributed by atoms with Crippen molar-refractivity contribution < 1.29 is 5.11 Å². The van der Waals surface area contributed by atoms with E-state index in [0.29, 0.717) is 12.5 Å². The van der Waals surface area contributed by atoms with Crippen LogP contribution in [0.3, 0.4) is 0 Å². The van der Waals surface area contributed by atoms with E-state index in [2.05, 4.69) is 14.8 Å². The number of hydrogen-bond donors (Lipinski definition) is 2. The van der Waals surface area contributed by atoms with E-state index in [4.69, 9.17) is 10.8 Å². The average molecular weight is 224 g/mol. The second-order valence-corrected chi connectivity index (χ2v) is 4.53. The summed E-state index contributed by atoms with van der Waals surface area (Å²) in [6.07, 6.45) is 5.48. The highest BCUT2D eigenvalue weighted by molar-refractivity contribution is 5.02. The topological polar surface area (TPSA) is 77.0 Å². The zero-order chi connectivity index (χ0) is 11.5. The summed E-state index contributed by atoms with van der Waals surface area (Å²) in [5.41, 5.74) is 6.00. The summed E-state index contributed by atoms with van der Waals surface area (Å²) in [5.74, 6) is 1.77. The molecule has 0 amide bonds. The van der Waals surface area contributed by atoms with Crippen LogP contribution >= 0.6 is 0 Å². The molecule has 1 aliphatic carbocycles. The van der Waals surface area contributed by atoms with Gasteiger partial charge in [-0.3, -0.25) is 0 Å². The van der Waals surface area contributed by atoms with Gasteiger partial charge in [-0.1, -0.05) is 12.8 Å². The minimum atomic E-state index is -0.202. The van der Waals surface area contributed by atoms with E-state index in [0.717, 1.165) is 11.6 Å². The smallest absolute Gasteiger partial charge is 0.150 e. The molecule has 5 nitrogen and oxygen atoms in total. The number of aliphatic hydroxyl groups is 1. The molecule has 1 aliphatic rings. The summed E-state index contributed by atoms with van der Waals surface area (Å²) in [6.45, 7) is 2.07. The Morgan fingerprint density at radius 3 is 2.75 bits per heavy atom. The fourth-order valence-electron chi connectivity index (χ4n) is 2.52. The molecule has 1 fully saturated rings. The second kappa shape index (κ2) is 4.93. The molecule has 0 radical (unpaired) electrons. The fourth-order valence-corrected chi connectivity index (χ4v) is 2.52. The van der Waals surface area contributed by atoms with Crippen molar-refractivity contribution in [2.75, 3.05) is 6.61 Å². The molecule has 2 rings (SSSR count). The van der Waals surface area contributed by atoms with Crippen molar-refractivity contribution in [1.82, 2.24) is 14.8 Å². The summed E-state index contributed by atoms with van der Waals surface area (Å²) in [7, 11) is 0. The van der Waals surface area contributed by atoms with Gasteiger partial charge in [-0.15, -0.1) is 10.2 Å². The van der Waals surface area contributed by atoms with E-state index < -0.39 is 0 Å². The minimum absolute atomic E-state index is 0.0950. The molecule has 0 aliphatic heterocycles. The predicted octanol–water partition coefficient (Wildman–Crippen LogP) is 1.08. The number of hydrogen-bond acceptors (Lipinski definition) is 4. The van der Waals surface area contributed by atoms with Crippen molar-refractivity contribution in [1.29, 1.82) is 0 Å². The van der Waals surface area contributed by atoms with Gasteiger partial charge in [0.15, 0.2) is 0 Å². The molecule has 16 heavy (non-hydrogen) atoms. The lowest BCUT2D eigenvalue weighted by atomic mass is 10.2. The summed E-state index contributed by atoms with van der Waals surface area (Å²) in [6, 6.07) is 0.307. The first-order chi connectivity index (χ1) is 7.74. The summed E-state index contributed by atoms with van der Waals surface area (Å²) >= 11 is 0. The quantitative estimate of drug-likeness (QED) is 0.802. The Bertz CT molecular complexity index is 344. The van der Waals surface area contributed by atoms with E-state index in [-0.39, 0.29) is 12.6 Å². The molecule has 1 heterocycles. The van der Waals surface area contributed by atoms with Gasteiger partial charge in [0.05, 0.1) is 6.04 Å². The first-order valence-electron chi connectivity index (χ1n) is 6.02. The fraction of sp³-hybridized carbons (Fsp3) is 0.818.